The Morgan fingerprint density at radius 1 is 1.11 bits per heavy atom. The van der Waals surface area contributed by atoms with Gasteiger partial charge in [0.25, 0.3) is 0 Å². The molecule has 0 aliphatic carbocycles. The number of anilines is 1. The summed E-state index contributed by atoms with van der Waals surface area (Å²) < 4.78 is 5.39. The topological polar surface area (TPSA) is 59.9 Å². The van der Waals surface area contributed by atoms with E-state index in [9.17, 15) is 0 Å². The molecule has 1 aromatic heterocycles. The predicted octanol–water partition coefficient (Wildman–Crippen LogP) is 2.68. The first kappa shape index (κ1) is 13.3. The molecule has 2 rings (SSSR count). The van der Waals surface area contributed by atoms with Gasteiger partial charge >= 0.3 is 6.01 Å². The molecule has 1 heterocycles. The van der Waals surface area contributed by atoms with Crippen LogP contribution < -0.4 is 10.1 Å². The zero-order chi connectivity index (χ0) is 13.7. The molecule has 5 heteroatoms. The zero-order valence-electron chi connectivity index (χ0n) is 11.5. The van der Waals surface area contributed by atoms with Crippen LogP contribution in [-0.4, -0.2) is 28.1 Å². The summed E-state index contributed by atoms with van der Waals surface area (Å²) in [5.74, 6) is 1.17. The van der Waals surface area contributed by atoms with E-state index in [-0.39, 0.29) is 0 Å². The van der Waals surface area contributed by atoms with Gasteiger partial charge in [0.2, 0.25) is 5.95 Å². The van der Waals surface area contributed by atoms with Gasteiger partial charge < -0.3 is 10.1 Å². The van der Waals surface area contributed by atoms with Crippen molar-refractivity contribution >= 4 is 5.95 Å². The average molecular weight is 258 g/mol. The fraction of sp³-hybridized carbons (Fsp3) is 0.357. The molecule has 0 saturated heterocycles. The first-order valence-corrected chi connectivity index (χ1v) is 6.43. The molecule has 0 bridgehead atoms. The van der Waals surface area contributed by atoms with Crippen LogP contribution in [0.2, 0.25) is 0 Å². The SMILES string of the molecule is CCNc1nc(OCC)nc(-c2ccccc2C)n1. The first-order chi connectivity index (χ1) is 9.24. The molecule has 100 valence electrons. The number of benzene rings is 1. The second kappa shape index (κ2) is 6.13. The van der Waals surface area contributed by atoms with Gasteiger partial charge in [-0.05, 0) is 26.3 Å². The average Bonchev–Trinajstić information content (AvgIpc) is 2.40. The molecule has 0 unspecified atom stereocenters. The lowest BCUT2D eigenvalue weighted by atomic mass is 10.1. The second-order valence-corrected chi connectivity index (χ2v) is 4.04. The number of ether oxygens (including phenoxy) is 1. The summed E-state index contributed by atoms with van der Waals surface area (Å²) in [6, 6.07) is 8.35. The van der Waals surface area contributed by atoms with Gasteiger partial charge in [-0.1, -0.05) is 24.3 Å². The smallest absolute Gasteiger partial charge is 0.321 e. The number of nitrogens with one attached hydrogen (secondary N) is 1. The quantitative estimate of drug-likeness (QED) is 0.893. The third kappa shape index (κ3) is 3.19. The van der Waals surface area contributed by atoms with Crippen LogP contribution in [0.4, 0.5) is 5.95 Å². The van der Waals surface area contributed by atoms with Gasteiger partial charge in [-0.25, -0.2) is 0 Å². The van der Waals surface area contributed by atoms with Gasteiger partial charge in [0.1, 0.15) is 0 Å². The molecule has 2 aromatic rings. The van der Waals surface area contributed by atoms with Crippen molar-refractivity contribution in [2.75, 3.05) is 18.5 Å². The standard InChI is InChI=1S/C14H18N4O/c1-4-15-13-16-12(17-14(18-13)19-5-2)11-9-7-6-8-10(11)3/h6-9H,4-5H2,1-3H3,(H,15,16,17,18). The highest BCUT2D eigenvalue weighted by atomic mass is 16.5. The minimum Gasteiger partial charge on any atom is -0.464 e. The monoisotopic (exact) mass is 258 g/mol. The van der Waals surface area contributed by atoms with Crippen LogP contribution in [0.25, 0.3) is 11.4 Å². The summed E-state index contributed by atoms with van der Waals surface area (Å²) in [6.45, 7) is 7.22. The maximum atomic E-state index is 5.39. The first-order valence-electron chi connectivity index (χ1n) is 6.43. The van der Waals surface area contributed by atoms with Crippen LogP contribution in [0.1, 0.15) is 19.4 Å². The number of aryl methyl sites for hydroxylation is 1. The van der Waals surface area contributed by atoms with Gasteiger partial charge in [0, 0.05) is 12.1 Å². The molecule has 0 saturated carbocycles. The molecule has 0 aliphatic heterocycles. The molecule has 1 N–H and O–H groups in total. The largest absolute Gasteiger partial charge is 0.464 e. The lowest BCUT2D eigenvalue weighted by Gasteiger charge is -2.09. The van der Waals surface area contributed by atoms with Gasteiger partial charge in [-0.3, -0.25) is 0 Å². The summed E-state index contributed by atoms with van der Waals surface area (Å²) in [5.41, 5.74) is 2.11. The third-order valence-corrected chi connectivity index (χ3v) is 2.61. The molecule has 0 atom stereocenters. The molecule has 0 aliphatic rings. The Bertz CT molecular complexity index is 533. The van der Waals surface area contributed by atoms with Gasteiger partial charge in [-0.15, -0.1) is 0 Å². The molecule has 0 fully saturated rings. The van der Waals surface area contributed by atoms with E-state index in [4.69, 9.17) is 4.74 Å². The van der Waals surface area contributed by atoms with E-state index in [1.807, 2.05) is 45.0 Å². The fourth-order valence-corrected chi connectivity index (χ4v) is 1.73. The van der Waals surface area contributed by atoms with Gasteiger partial charge in [0.05, 0.1) is 6.61 Å². The third-order valence-electron chi connectivity index (χ3n) is 2.61. The lowest BCUT2D eigenvalue weighted by molar-refractivity contribution is 0.312. The van der Waals surface area contributed by atoms with Crippen molar-refractivity contribution in [3.8, 4) is 17.4 Å². The van der Waals surface area contributed by atoms with Crippen LogP contribution in [0, 0.1) is 6.92 Å². The summed E-state index contributed by atoms with van der Waals surface area (Å²) >= 11 is 0. The van der Waals surface area contributed by atoms with Gasteiger partial charge in [-0.2, -0.15) is 15.0 Å². The van der Waals surface area contributed by atoms with E-state index in [2.05, 4.69) is 20.3 Å². The normalized spacial score (nSPS) is 10.3. The Morgan fingerprint density at radius 3 is 2.58 bits per heavy atom. The molecular weight excluding hydrogens is 240 g/mol. The Hall–Kier alpha value is -2.17. The van der Waals surface area contributed by atoms with Crippen molar-refractivity contribution < 1.29 is 4.74 Å². The van der Waals surface area contributed by atoms with Crippen LogP contribution >= 0.6 is 0 Å². The van der Waals surface area contributed by atoms with Crippen molar-refractivity contribution in [1.29, 1.82) is 0 Å². The molecule has 0 spiro atoms. The van der Waals surface area contributed by atoms with Crippen LogP contribution in [0.3, 0.4) is 0 Å². The molecule has 0 amide bonds. The Balaban J connectivity index is 2.46. The van der Waals surface area contributed by atoms with E-state index in [1.165, 1.54) is 0 Å². The summed E-state index contributed by atoms with van der Waals surface area (Å²) in [6.07, 6.45) is 0. The molecule has 1 aromatic carbocycles. The summed E-state index contributed by atoms with van der Waals surface area (Å²) in [4.78, 5) is 13.0. The second-order valence-electron chi connectivity index (χ2n) is 4.04. The number of nitrogens with zero attached hydrogens (tertiary/aromatic N) is 3. The Labute approximate surface area is 113 Å². The molecule has 0 radical (unpaired) electrons. The highest BCUT2D eigenvalue weighted by Gasteiger charge is 2.10. The van der Waals surface area contributed by atoms with E-state index in [0.29, 0.717) is 24.4 Å². The van der Waals surface area contributed by atoms with Crippen molar-refractivity contribution in [2.24, 2.45) is 0 Å². The van der Waals surface area contributed by atoms with E-state index < -0.39 is 0 Å². The summed E-state index contributed by atoms with van der Waals surface area (Å²) in [5, 5.41) is 3.09. The maximum absolute atomic E-state index is 5.39. The summed E-state index contributed by atoms with van der Waals surface area (Å²) in [7, 11) is 0. The van der Waals surface area contributed by atoms with Crippen molar-refractivity contribution in [2.45, 2.75) is 20.8 Å². The van der Waals surface area contributed by atoms with Crippen molar-refractivity contribution in [1.82, 2.24) is 15.0 Å². The van der Waals surface area contributed by atoms with Crippen LogP contribution in [0.15, 0.2) is 24.3 Å². The van der Waals surface area contributed by atoms with E-state index in [0.717, 1.165) is 17.7 Å². The Morgan fingerprint density at radius 2 is 1.89 bits per heavy atom. The van der Waals surface area contributed by atoms with Crippen LogP contribution in [0.5, 0.6) is 6.01 Å². The Kier molecular flexibility index (Phi) is 4.28. The number of hydrogen-bond acceptors (Lipinski definition) is 5. The highest BCUT2D eigenvalue weighted by molar-refractivity contribution is 5.60. The van der Waals surface area contributed by atoms with Gasteiger partial charge in [0.15, 0.2) is 5.82 Å². The minimum absolute atomic E-state index is 0.353. The molecule has 19 heavy (non-hydrogen) atoms. The molecule has 5 nitrogen and oxygen atoms in total. The number of rotatable bonds is 5. The lowest BCUT2D eigenvalue weighted by Crippen LogP contribution is -2.07. The maximum Gasteiger partial charge on any atom is 0.321 e. The van der Waals surface area contributed by atoms with E-state index in [1.54, 1.807) is 0 Å². The van der Waals surface area contributed by atoms with Crippen LogP contribution in [-0.2, 0) is 0 Å². The van der Waals surface area contributed by atoms with Crippen molar-refractivity contribution in [3.05, 3.63) is 29.8 Å². The minimum atomic E-state index is 0.353. The zero-order valence-corrected chi connectivity index (χ0v) is 11.5. The number of hydrogen-bond donors (Lipinski definition) is 1. The predicted molar refractivity (Wildman–Crippen MR) is 75.3 cm³/mol. The fourth-order valence-electron chi connectivity index (χ4n) is 1.73. The van der Waals surface area contributed by atoms with E-state index >= 15 is 0 Å². The molecular formula is C14H18N4O. The number of aromatic nitrogens is 3. The van der Waals surface area contributed by atoms with Crippen molar-refractivity contribution in [3.63, 3.8) is 0 Å². The highest BCUT2D eigenvalue weighted by Crippen LogP contribution is 2.22.